The number of rotatable bonds is 3. The highest BCUT2D eigenvalue weighted by Crippen LogP contribution is 2.29. The van der Waals surface area contributed by atoms with E-state index in [1.54, 1.807) is 7.11 Å². The summed E-state index contributed by atoms with van der Waals surface area (Å²) in [6, 6.07) is 7.45. The molecule has 0 amide bonds. The molecule has 17 heavy (non-hydrogen) atoms. The number of methoxy groups -OCH3 is 1. The van der Waals surface area contributed by atoms with E-state index >= 15 is 0 Å². The number of hydrogen-bond acceptors (Lipinski definition) is 3. The lowest BCUT2D eigenvalue weighted by Crippen LogP contribution is -2.03. The first-order valence-electron chi connectivity index (χ1n) is 4.74. The fourth-order valence-corrected chi connectivity index (χ4v) is 3.43. The lowest BCUT2D eigenvalue weighted by molar-refractivity contribution is 0.103. The molecule has 0 radical (unpaired) electrons. The molecule has 0 atom stereocenters. The standard InChI is InChI=1S/C12H8BrIO2S/c1-16-10-3-2-7(14)6-8(10)11(15)12-9(13)4-5-17-12/h2-6H,1H3. The molecule has 0 saturated carbocycles. The number of thiophene rings is 1. The number of ether oxygens (including phenoxy) is 1. The lowest BCUT2D eigenvalue weighted by Gasteiger charge is -2.07. The van der Waals surface area contributed by atoms with Crippen molar-refractivity contribution in [3.63, 3.8) is 0 Å². The Balaban J connectivity index is 2.50. The smallest absolute Gasteiger partial charge is 0.207 e. The summed E-state index contributed by atoms with van der Waals surface area (Å²) in [6.45, 7) is 0. The van der Waals surface area contributed by atoms with Crippen molar-refractivity contribution in [3.05, 3.63) is 48.1 Å². The van der Waals surface area contributed by atoms with E-state index in [9.17, 15) is 4.79 Å². The zero-order chi connectivity index (χ0) is 12.4. The monoisotopic (exact) mass is 422 g/mol. The second-order valence-corrected chi connectivity index (χ2v) is 6.29. The van der Waals surface area contributed by atoms with E-state index in [1.165, 1.54) is 11.3 Å². The summed E-state index contributed by atoms with van der Waals surface area (Å²) in [6.07, 6.45) is 0. The highest BCUT2D eigenvalue weighted by molar-refractivity contribution is 14.1. The maximum atomic E-state index is 12.4. The number of carbonyl (C=O) groups is 1. The summed E-state index contributed by atoms with van der Waals surface area (Å²) in [7, 11) is 1.57. The van der Waals surface area contributed by atoms with Gasteiger partial charge >= 0.3 is 0 Å². The van der Waals surface area contributed by atoms with Gasteiger partial charge in [-0.2, -0.15) is 0 Å². The Morgan fingerprint density at radius 3 is 2.76 bits per heavy atom. The average Bonchev–Trinajstić information content (AvgIpc) is 2.74. The van der Waals surface area contributed by atoms with E-state index in [1.807, 2.05) is 29.6 Å². The maximum Gasteiger partial charge on any atom is 0.207 e. The molecule has 2 nitrogen and oxygen atoms in total. The quantitative estimate of drug-likeness (QED) is 0.542. The summed E-state index contributed by atoms with van der Waals surface area (Å²) in [5.74, 6) is 0.595. The Morgan fingerprint density at radius 2 is 2.18 bits per heavy atom. The van der Waals surface area contributed by atoms with Gasteiger partial charge in [-0.3, -0.25) is 4.79 Å². The van der Waals surface area contributed by atoms with Crippen LogP contribution in [0.4, 0.5) is 0 Å². The zero-order valence-corrected chi connectivity index (χ0v) is 13.4. The van der Waals surface area contributed by atoms with Gasteiger partial charge in [0.2, 0.25) is 5.78 Å². The van der Waals surface area contributed by atoms with Crippen LogP contribution in [0.15, 0.2) is 34.1 Å². The van der Waals surface area contributed by atoms with Crippen LogP contribution in [0.5, 0.6) is 5.75 Å². The van der Waals surface area contributed by atoms with Crippen LogP contribution in [0.3, 0.4) is 0 Å². The van der Waals surface area contributed by atoms with Crippen molar-refractivity contribution in [1.82, 2.24) is 0 Å². The van der Waals surface area contributed by atoms with Crippen LogP contribution >= 0.6 is 49.9 Å². The average molecular weight is 423 g/mol. The summed E-state index contributed by atoms with van der Waals surface area (Å²) >= 11 is 6.98. The number of halogens is 2. The largest absolute Gasteiger partial charge is 0.496 e. The van der Waals surface area contributed by atoms with Crippen molar-refractivity contribution in [2.45, 2.75) is 0 Å². The number of carbonyl (C=O) groups excluding carboxylic acids is 1. The van der Waals surface area contributed by atoms with Crippen molar-refractivity contribution in [2.24, 2.45) is 0 Å². The van der Waals surface area contributed by atoms with Gasteiger partial charge in [0.1, 0.15) is 5.75 Å². The first kappa shape index (κ1) is 13.0. The second kappa shape index (κ2) is 5.49. The number of hydrogen-bond donors (Lipinski definition) is 0. The van der Waals surface area contributed by atoms with Gasteiger partial charge in [-0.05, 0) is 68.2 Å². The fourth-order valence-electron chi connectivity index (χ4n) is 1.44. The molecule has 0 aliphatic carbocycles. The van der Waals surface area contributed by atoms with Crippen molar-refractivity contribution in [1.29, 1.82) is 0 Å². The van der Waals surface area contributed by atoms with Crippen LogP contribution in [0, 0.1) is 3.57 Å². The molecule has 0 unspecified atom stereocenters. The first-order valence-corrected chi connectivity index (χ1v) is 7.50. The van der Waals surface area contributed by atoms with Crippen molar-refractivity contribution >= 4 is 55.6 Å². The molecule has 1 aromatic heterocycles. The Hall–Kier alpha value is -0.400. The molecule has 88 valence electrons. The lowest BCUT2D eigenvalue weighted by atomic mass is 10.1. The summed E-state index contributed by atoms with van der Waals surface area (Å²) in [5.41, 5.74) is 0.600. The van der Waals surface area contributed by atoms with E-state index in [-0.39, 0.29) is 5.78 Å². The predicted octanol–water partition coefficient (Wildman–Crippen LogP) is 4.35. The minimum atomic E-state index is -0.0118. The molecular weight excluding hydrogens is 415 g/mol. The molecule has 0 bridgehead atoms. The Labute approximate surface area is 125 Å². The summed E-state index contributed by atoms with van der Waals surface area (Å²) in [4.78, 5) is 13.1. The van der Waals surface area contributed by atoms with Gasteiger partial charge in [-0.1, -0.05) is 0 Å². The van der Waals surface area contributed by atoms with Gasteiger partial charge in [0.25, 0.3) is 0 Å². The van der Waals surface area contributed by atoms with E-state index in [0.29, 0.717) is 16.2 Å². The minimum Gasteiger partial charge on any atom is -0.496 e. The van der Waals surface area contributed by atoms with Crippen LogP contribution in [0.25, 0.3) is 0 Å². The molecular formula is C12H8BrIO2S. The molecule has 0 saturated heterocycles. The SMILES string of the molecule is COc1ccc(I)cc1C(=O)c1sccc1Br. The van der Waals surface area contributed by atoms with Crippen LogP contribution < -0.4 is 4.74 Å². The highest BCUT2D eigenvalue weighted by Gasteiger charge is 2.18. The van der Waals surface area contributed by atoms with Crippen LogP contribution in [-0.4, -0.2) is 12.9 Å². The molecule has 0 aliphatic rings. The third-order valence-electron chi connectivity index (χ3n) is 2.23. The topological polar surface area (TPSA) is 26.3 Å². The number of ketones is 1. The molecule has 2 rings (SSSR count). The van der Waals surface area contributed by atoms with Crippen LogP contribution in [0.2, 0.25) is 0 Å². The summed E-state index contributed by atoms with van der Waals surface area (Å²) in [5, 5.41) is 1.89. The van der Waals surface area contributed by atoms with E-state index in [4.69, 9.17) is 4.74 Å². The molecule has 0 N–H and O–H groups in total. The molecule has 0 spiro atoms. The van der Waals surface area contributed by atoms with Gasteiger partial charge < -0.3 is 4.74 Å². The number of benzene rings is 1. The third-order valence-corrected chi connectivity index (χ3v) is 4.74. The normalized spacial score (nSPS) is 10.3. The van der Waals surface area contributed by atoms with Gasteiger partial charge in [-0.15, -0.1) is 11.3 Å². The predicted molar refractivity (Wildman–Crippen MR) is 81.2 cm³/mol. The molecule has 1 aromatic carbocycles. The molecule has 1 heterocycles. The van der Waals surface area contributed by atoms with Gasteiger partial charge in [0.05, 0.1) is 17.6 Å². The van der Waals surface area contributed by atoms with E-state index < -0.39 is 0 Å². The Kier molecular flexibility index (Phi) is 4.22. The van der Waals surface area contributed by atoms with Gasteiger partial charge in [-0.25, -0.2) is 0 Å². The van der Waals surface area contributed by atoms with E-state index in [2.05, 4.69) is 38.5 Å². The fraction of sp³-hybridized carbons (Fsp3) is 0.0833. The molecule has 0 aliphatic heterocycles. The zero-order valence-electron chi connectivity index (χ0n) is 8.87. The van der Waals surface area contributed by atoms with Crippen molar-refractivity contribution in [3.8, 4) is 5.75 Å². The molecule has 5 heteroatoms. The molecule has 2 aromatic rings. The van der Waals surface area contributed by atoms with Gasteiger partial charge in [0.15, 0.2) is 0 Å². The second-order valence-electron chi connectivity index (χ2n) is 3.27. The van der Waals surface area contributed by atoms with Crippen LogP contribution in [-0.2, 0) is 0 Å². The van der Waals surface area contributed by atoms with E-state index in [0.717, 1.165) is 8.04 Å². The highest BCUT2D eigenvalue weighted by atomic mass is 127. The minimum absolute atomic E-state index is 0.0118. The third kappa shape index (κ3) is 2.71. The Morgan fingerprint density at radius 1 is 1.41 bits per heavy atom. The Bertz CT molecular complexity index is 565. The molecule has 0 fully saturated rings. The van der Waals surface area contributed by atoms with Crippen molar-refractivity contribution < 1.29 is 9.53 Å². The maximum absolute atomic E-state index is 12.4. The first-order chi connectivity index (χ1) is 8.13. The summed E-state index contributed by atoms with van der Waals surface area (Å²) < 4.78 is 7.07. The van der Waals surface area contributed by atoms with Gasteiger partial charge in [0, 0.05) is 8.04 Å². The van der Waals surface area contributed by atoms with Crippen LogP contribution in [0.1, 0.15) is 15.2 Å². The van der Waals surface area contributed by atoms with Crippen molar-refractivity contribution in [2.75, 3.05) is 7.11 Å².